The maximum absolute atomic E-state index is 12.0. The van der Waals surface area contributed by atoms with Crippen molar-refractivity contribution in [2.24, 2.45) is 0 Å². The molecule has 3 aliphatic rings. The molecule has 3 atom stereocenters. The maximum atomic E-state index is 12.0. The number of carbonyl (C=O) groups excluding carboxylic acids is 1. The van der Waals surface area contributed by atoms with Gasteiger partial charge < -0.3 is 20.3 Å². The fourth-order valence-corrected chi connectivity index (χ4v) is 3.79. The Morgan fingerprint density at radius 3 is 2.42 bits per heavy atom. The van der Waals surface area contributed by atoms with Crippen molar-refractivity contribution in [3.8, 4) is 0 Å². The Kier molecular flexibility index (Phi) is 3.93. The first-order valence-corrected chi connectivity index (χ1v) is 7.59. The highest BCUT2D eigenvalue weighted by molar-refractivity contribution is 5.74. The molecule has 3 rings (SSSR count). The first kappa shape index (κ1) is 13.2. The number of urea groups is 1. The molecule has 3 unspecified atom stereocenters. The van der Waals surface area contributed by atoms with Crippen LogP contribution in [-0.4, -0.2) is 55.4 Å². The lowest BCUT2D eigenvalue weighted by atomic mass is 9.82. The minimum atomic E-state index is -0.0110. The van der Waals surface area contributed by atoms with Crippen LogP contribution in [0.25, 0.3) is 0 Å². The zero-order valence-electron chi connectivity index (χ0n) is 11.7. The van der Waals surface area contributed by atoms with Gasteiger partial charge in [-0.05, 0) is 39.2 Å². The number of piperidine rings is 2. The van der Waals surface area contributed by atoms with Crippen LogP contribution in [-0.2, 0) is 4.74 Å². The quantitative estimate of drug-likeness (QED) is 0.787. The number of hydrogen-bond donors (Lipinski definition) is 2. The lowest BCUT2D eigenvalue weighted by Crippen LogP contribution is -2.57. The Balaban J connectivity index is 1.48. The van der Waals surface area contributed by atoms with Crippen LogP contribution in [0.4, 0.5) is 4.79 Å². The van der Waals surface area contributed by atoms with Crippen molar-refractivity contribution >= 4 is 6.03 Å². The summed E-state index contributed by atoms with van der Waals surface area (Å²) in [7, 11) is 2.24. The molecule has 5 heteroatoms. The molecular formula is C14H25N3O2. The third kappa shape index (κ3) is 3.03. The van der Waals surface area contributed by atoms with Crippen molar-refractivity contribution in [2.75, 3.05) is 20.3 Å². The van der Waals surface area contributed by atoms with Gasteiger partial charge in [-0.2, -0.15) is 0 Å². The van der Waals surface area contributed by atoms with Gasteiger partial charge in [0.15, 0.2) is 0 Å². The monoisotopic (exact) mass is 267 g/mol. The molecule has 0 aromatic carbocycles. The predicted molar refractivity (Wildman–Crippen MR) is 73.1 cm³/mol. The zero-order chi connectivity index (χ0) is 13.2. The molecule has 108 valence electrons. The highest BCUT2D eigenvalue weighted by atomic mass is 16.5. The van der Waals surface area contributed by atoms with Crippen molar-refractivity contribution in [2.45, 2.75) is 62.7 Å². The summed E-state index contributed by atoms with van der Waals surface area (Å²) in [6, 6.07) is 1.85. The van der Waals surface area contributed by atoms with E-state index in [0.29, 0.717) is 24.7 Å². The van der Waals surface area contributed by atoms with E-state index in [1.165, 1.54) is 19.3 Å². The number of fused-ring (bicyclic) bond motifs is 2. The third-order valence-electron chi connectivity index (χ3n) is 4.94. The second-order valence-corrected chi connectivity index (χ2v) is 6.25. The minimum Gasteiger partial charge on any atom is -0.379 e. The van der Waals surface area contributed by atoms with Gasteiger partial charge in [0.1, 0.15) is 0 Å². The van der Waals surface area contributed by atoms with Crippen molar-refractivity contribution in [3.05, 3.63) is 0 Å². The van der Waals surface area contributed by atoms with Gasteiger partial charge in [0, 0.05) is 24.7 Å². The van der Waals surface area contributed by atoms with E-state index in [4.69, 9.17) is 4.74 Å². The molecule has 19 heavy (non-hydrogen) atoms. The van der Waals surface area contributed by atoms with Crippen molar-refractivity contribution in [1.29, 1.82) is 0 Å². The van der Waals surface area contributed by atoms with E-state index in [1.54, 1.807) is 0 Å². The van der Waals surface area contributed by atoms with Crippen LogP contribution in [0.5, 0.6) is 0 Å². The first-order chi connectivity index (χ1) is 9.22. The van der Waals surface area contributed by atoms with E-state index < -0.39 is 0 Å². The summed E-state index contributed by atoms with van der Waals surface area (Å²) >= 11 is 0. The zero-order valence-corrected chi connectivity index (χ0v) is 11.7. The Bertz CT molecular complexity index is 317. The van der Waals surface area contributed by atoms with Crippen LogP contribution in [0.3, 0.4) is 0 Å². The fourth-order valence-electron chi connectivity index (χ4n) is 3.79. The molecule has 2 amide bonds. The largest absolute Gasteiger partial charge is 0.379 e. The average molecular weight is 267 g/mol. The third-order valence-corrected chi connectivity index (χ3v) is 4.94. The van der Waals surface area contributed by atoms with E-state index >= 15 is 0 Å². The number of ether oxygens (including phenoxy) is 1. The topological polar surface area (TPSA) is 53.6 Å². The van der Waals surface area contributed by atoms with Crippen LogP contribution < -0.4 is 10.6 Å². The summed E-state index contributed by atoms with van der Waals surface area (Å²) < 4.78 is 5.27. The Hall–Kier alpha value is -0.810. The standard InChI is InChI=1S/C14H25N3O2/c1-17-12-3-2-4-13(17)8-11(7-12)16-14(18)15-10-5-6-19-9-10/h10-13H,2-9H2,1H3,(H2,15,16,18). The Labute approximate surface area is 115 Å². The van der Waals surface area contributed by atoms with E-state index in [1.807, 2.05) is 0 Å². The molecule has 0 aromatic heterocycles. The second-order valence-electron chi connectivity index (χ2n) is 6.25. The molecule has 0 aromatic rings. The number of hydrogen-bond acceptors (Lipinski definition) is 3. The molecule has 0 saturated carbocycles. The Morgan fingerprint density at radius 1 is 1.11 bits per heavy atom. The molecule has 3 fully saturated rings. The summed E-state index contributed by atoms with van der Waals surface area (Å²) in [4.78, 5) is 14.5. The molecular weight excluding hydrogens is 242 g/mol. The van der Waals surface area contributed by atoms with Crippen LogP contribution in [0, 0.1) is 0 Å². The fraction of sp³-hybridized carbons (Fsp3) is 0.929. The summed E-state index contributed by atoms with van der Waals surface area (Å²) in [6.45, 7) is 1.43. The number of amides is 2. The van der Waals surface area contributed by atoms with Gasteiger partial charge >= 0.3 is 6.03 Å². The van der Waals surface area contributed by atoms with E-state index in [0.717, 1.165) is 25.9 Å². The van der Waals surface area contributed by atoms with Crippen LogP contribution in [0.1, 0.15) is 38.5 Å². The SMILES string of the molecule is CN1C2CCCC1CC(NC(=O)NC1CCOC1)C2. The van der Waals surface area contributed by atoms with Crippen LogP contribution >= 0.6 is 0 Å². The first-order valence-electron chi connectivity index (χ1n) is 7.59. The number of carbonyl (C=O) groups is 1. The lowest BCUT2D eigenvalue weighted by molar-refractivity contribution is 0.0508. The highest BCUT2D eigenvalue weighted by Gasteiger charge is 2.36. The van der Waals surface area contributed by atoms with E-state index in [-0.39, 0.29) is 12.1 Å². The molecule has 2 N–H and O–H groups in total. The average Bonchev–Trinajstić information content (AvgIpc) is 2.83. The van der Waals surface area contributed by atoms with Gasteiger partial charge in [-0.15, -0.1) is 0 Å². The molecule has 3 aliphatic heterocycles. The van der Waals surface area contributed by atoms with E-state index in [9.17, 15) is 4.79 Å². The summed E-state index contributed by atoms with van der Waals surface area (Å²) in [5.41, 5.74) is 0. The van der Waals surface area contributed by atoms with Crippen LogP contribution in [0.15, 0.2) is 0 Å². The summed E-state index contributed by atoms with van der Waals surface area (Å²) in [5, 5.41) is 6.18. The molecule has 0 spiro atoms. The van der Waals surface area contributed by atoms with E-state index in [2.05, 4.69) is 22.6 Å². The van der Waals surface area contributed by atoms with Gasteiger partial charge in [-0.3, -0.25) is 0 Å². The number of nitrogens with one attached hydrogen (secondary N) is 2. The number of rotatable bonds is 2. The van der Waals surface area contributed by atoms with Gasteiger partial charge in [-0.1, -0.05) is 6.42 Å². The maximum Gasteiger partial charge on any atom is 0.315 e. The molecule has 3 saturated heterocycles. The van der Waals surface area contributed by atoms with Gasteiger partial charge in [0.2, 0.25) is 0 Å². The molecule has 5 nitrogen and oxygen atoms in total. The minimum absolute atomic E-state index is 0.0110. The molecule has 0 aliphatic carbocycles. The van der Waals surface area contributed by atoms with Crippen molar-refractivity contribution in [3.63, 3.8) is 0 Å². The van der Waals surface area contributed by atoms with Gasteiger partial charge in [0.05, 0.1) is 12.6 Å². The van der Waals surface area contributed by atoms with Gasteiger partial charge in [-0.25, -0.2) is 4.79 Å². The molecule has 2 bridgehead atoms. The molecule has 0 radical (unpaired) electrons. The number of nitrogens with zero attached hydrogens (tertiary/aromatic N) is 1. The highest BCUT2D eigenvalue weighted by Crippen LogP contribution is 2.32. The predicted octanol–water partition coefficient (Wildman–Crippen LogP) is 1.09. The van der Waals surface area contributed by atoms with Gasteiger partial charge in [0.25, 0.3) is 0 Å². The van der Waals surface area contributed by atoms with Crippen molar-refractivity contribution < 1.29 is 9.53 Å². The molecule has 3 heterocycles. The lowest BCUT2D eigenvalue weighted by Gasteiger charge is -2.47. The summed E-state index contributed by atoms with van der Waals surface area (Å²) in [6.07, 6.45) is 7.04. The van der Waals surface area contributed by atoms with Crippen molar-refractivity contribution in [1.82, 2.24) is 15.5 Å². The van der Waals surface area contributed by atoms with Crippen LogP contribution in [0.2, 0.25) is 0 Å². The summed E-state index contributed by atoms with van der Waals surface area (Å²) in [5.74, 6) is 0. The smallest absolute Gasteiger partial charge is 0.315 e. The second kappa shape index (κ2) is 5.67. The Morgan fingerprint density at radius 2 is 1.79 bits per heavy atom. The normalized spacial score (nSPS) is 39.0.